The smallest absolute Gasteiger partial charge is 0.137 e. The number of halogens is 1. The lowest BCUT2D eigenvalue weighted by atomic mass is 9.61. The second-order valence-corrected chi connectivity index (χ2v) is 13.1. The van der Waals surface area contributed by atoms with Crippen LogP contribution in [0.25, 0.3) is 0 Å². The van der Waals surface area contributed by atoms with E-state index in [4.69, 9.17) is 17.3 Å². The zero-order valence-electron chi connectivity index (χ0n) is 22.6. The first-order valence-electron chi connectivity index (χ1n) is 14.8. The number of carbonyl (C=O) groups is 1. The molecule has 2 bridgehead atoms. The Morgan fingerprint density at radius 1 is 1.00 bits per heavy atom. The number of aldehydes is 1. The van der Waals surface area contributed by atoms with E-state index in [1.54, 1.807) is 6.33 Å². The highest BCUT2D eigenvalue weighted by atomic mass is 35.5. The van der Waals surface area contributed by atoms with E-state index in [1.807, 2.05) is 18.5 Å². The second kappa shape index (κ2) is 11.0. The first-order chi connectivity index (χ1) is 18.5. The van der Waals surface area contributed by atoms with E-state index in [9.17, 15) is 4.79 Å². The van der Waals surface area contributed by atoms with Crippen molar-refractivity contribution in [2.75, 3.05) is 6.54 Å². The monoisotopic (exact) mass is 538 g/mol. The molecule has 2 aromatic rings. The number of nitrogens with zero attached hydrogens (tertiary/aromatic N) is 5. The minimum atomic E-state index is -0.323. The summed E-state index contributed by atoms with van der Waals surface area (Å²) in [5.41, 5.74) is 7.86. The van der Waals surface area contributed by atoms with Gasteiger partial charge in [0.2, 0.25) is 0 Å². The number of likely N-dealkylation sites (tertiary alicyclic amines) is 1. The van der Waals surface area contributed by atoms with Gasteiger partial charge in [0, 0.05) is 49.2 Å². The Bertz CT molecular complexity index is 1060. The molecule has 206 valence electrons. The molecule has 1 aliphatic carbocycles. The third-order valence-corrected chi connectivity index (χ3v) is 10.7. The molecule has 8 heteroatoms. The third-order valence-electron chi connectivity index (χ3n) is 10.4. The summed E-state index contributed by atoms with van der Waals surface area (Å²) in [6.45, 7) is 2.70. The zero-order valence-corrected chi connectivity index (χ0v) is 23.3. The fraction of sp³-hybridized carbons (Fsp3) is 0.700. The molecule has 4 heterocycles. The first kappa shape index (κ1) is 26.4. The number of rotatable bonds is 8. The number of nitrogens with two attached hydrogens (primary N) is 1. The zero-order chi connectivity index (χ0) is 26.2. The van der Waals surface area contributed by atoms with Crippen LogP contribution in [0.2, 0.25) is 5.02 Å². The molecule has 0 amide bonds. The molecule has 0 spiro atoms. The molecule has 1 aromatic carbocycles. The van der Waals surface area contributed by atoms with Crippen molar-refractivity contribution in [2.45, 2.75) is 114 Å². The number of benzene rings is 1. The maximum Gasteiger partial charge on any atom is 0.137 e. The molecule has 1 saturated carbocycles. The minimum absolute atomic E-state index is 0.121. The Morgan fingerprint density at radius 2 is 1.74 bits per heavy atom. The maximum absolute atomic E-state index is 12.4. The number of hydrogen-bond donors (Lipinski definition) is 1. The van der Waals surface area contributed by atoms with Gasteiger partial charge < -0.3 is 10.5 Å². The van der Waals surface area contributed by atoms with Crippen LogP contribution in [0.1, 0.15) is 82.6 Å². The van der Waals surface area contributed by atoms with Gasteiger partial charge in [-0.05, 0) is 80.4 Å². The highest BCUT2D eigenvalue weighted by Gasteiger charge is 2.59. The van der Waals surface area contributed by atoms with Crippen molar-refractivity contribution in [1.29, 1.82) is 0 Å². The molecule has 3 saturated heterocycles. The van der Waals surface area contributed by atoms with Crippen LogP contribution in [-0.2, 0) is 17.9 Å². The van der Waals surface area contributed by atoms with Gasteiger partial charge in [-0.2, -0.15) is 5.10 Å². The highest BCUT2D eigenvalue weighted by Crippen LogP contribution is 2.57. The fourth-order valence-electron chi connectivity index (χ4n) is 8.94. The van der Waals surface area contributed by atoms with Crippen molar-refractivity contribution in [3.63, 3.8) is 0 Å². The number of fused-ring (bicyclic) bond motifs is 2. The van der Waals surface area contributed by atoms with E-state index >= 15 is 0 Å². The predicted molar refractivity (Wildman–Crippen MR) is 149 cm³/mol. The topological polar surface area (TPSA) is 80.3 Å². The molecule has 6 rings (SSSR count). The normalized spacial score (nSPS) is 34.9. The molecule has 38 heavy (non-hydrogen) atoms. The number of piperidine rings is 2. The number of hydrogen-bond acceptors (Lipinski definition) is 6. The molecular formula is C30H43ClN6O. The summed E-state index contributed by atoms with van der Waals surface area (Å²) >= 11 is 6.19. The van der Waals surface area contributed by atoms with E-state index in [0.717, 1.165) is 49.7 Å². The molecule has 7 nitrogen and oxygen atoms in total. The summed E-state index contributed by atoms with van der Waals surface area (Å²) in [5, 5.41) is 5.32. The van der Waals surface area contributed by atoms with Crippen LogP contribution >= 0.6 is 11.6 Å². The summed E-state index contributed by atoms with van der Waals surface area (Å²) < 4.78 is 2.09. The molecule has 4 aliphatic rings. The lowest BCUT2D eigenvalue weighted by Gasteiger charge is -2.61. The van der Waals surface area contributed by atoms with Gasteiger partial charge in [0.1, 0.15) is 18.9 Å². The number of aromatic nitrogens is 3. The highest BCUT2D eigenvalue weighted by molar-refractivity contribution is 6.30. The summed E-state index contributed by atoms with van der Waals surface area (Å²) in [7, 11) is 0. The molecule has 3 aliphatic heterocycles. The summed E-state index contributed by atoms with van der Waals surface area (Å²) in [6, 6.07) is 9.26. The number of carbonyl (C=O) groups excluding carboxylic acids is 1. The van der Waals surface area contributed by atoms with Gasteiger partial charge in [0.15, 0.2) is 0 Å². The Kier molecular flexibility index (Phi) is 7.64. The lowest BCUT2D eigenvalue weighted by Crippen LogP contribution is -2.70. The van der Waals surface area contributed by atoms with Crippen LogP contribution in [0.4, 0.5) is 0 Å². The van der Waals surface area contributed by atoms with Gasteiger partial charge in [0.05, 0.1) is 5.66 Å². The van der Waals surface area contributed by atoms with Gasteiger partial charge in [-0.25, -0.2) is 4.98 Å². The Balaban J connectivity index is 1.33. The fourth-order valence-corrected chi connectivity index (χ4v) is 9.07. The summed E-state index contributed by atoms with van der Waals surface area (Å²) in [5.74, 6) is 0.742. The molecule has 5 atom stereocenters. The van der Waals surface area contributed by atoms with Gasteiger partial charge in [0.25, 0.3) is 0 Å². The maximum atomic E-state index is 12.4. The summed E-state index contributed by atoms with van der Waals surface area (Å²) in [4.78, 5) is 22.0. The van der Waals surface area contributed by atoms with Crippen LogP contribution in [0.5, 0.6) is 0 Å². The Morgan fingerprint density at radius 3 is 2.39 bits per heavy atom. The van der Waals surface area contributed by atoms with Gasteiger partial charge in [-0.1, -0.05) is 43.0 Å². The van der Waals surface area contributed by atoms with Crippen molar-refractivity contribution >= 4 is 17.9 Å². The molecule has 2 N–H and O–H groups in total. The van der Waals surface area contributed by atoms with Gasteiger partial charge >= 0.3 is 0 Å². The first-order valence-corrected chi connectivity index (χ1v) is 15.2. The van der Waals surface area contributed by atoms with Crippen molar-refractivity contribution in [3.8, 4) is 0 Å². The lowest BCUT2D eigenvalue weighted by molar-refractivity contribution is -0.161. The third kappa shape index (κ3) is 4.96. The SMILES string of the molecule is NC1CCN(Cc2ccc(Cl)cc2)C(CC=O)(N2C3CC[C@@H]2CC(Cn2cncn2)(C2CCCCC2)C3)C1. The molecular weight excluding hydrogens is 496 g/mol. The molecule has 4 unspecified atom stereocenters. The van der Waals surface area contributed by atoms with Crippen LogP contribution < -0.4 is 5.73 Å². The van der Waals surface area contributed by atoms with E-state index in [0.29, 0.717) is 18.5 Å². The summed E-state index contributed by atoms with van der Waals surface area (Å²) in [6.07, 6.45) is 18.6. The Labute approximate surface area is 232 Å². The molecule has 4 fully saturated rings. The van der Waals surface area contributed by atoms with E-state index in [-0.39, 0.29) is 17.1 Å². The van der Waals surface area contributed by atoms with Gasteiger partial charge in [-0.15, -0.1) is 0 Å². The standard InChI is InChI=1S/C30H43ClN6O/c31-25-8-6-23(7-9-25)19-35-14-12-26(32)16-30(35,13-15-38)37-27-10-11-28(37)18-29(17-27,20-36-22-33-21-34-36)24-4-2-1-3-5-24/h6-9,15,21-22,24,26-28H,1-5,10-14,16-20,32H2/t26?,27-,28?,29?,30?/m1/s1. The minimum Gasteiger partial charge on any atom is -0.328 e. The van der Waals surface area contributed by atoms with Crippen LogP contribution in [-0.4, -0.2) is 61.2 Å². The van der Waals surface area contributed by atoms with Crippen molar-refractivity contribution in [3.05, 3.63) is 47.5 Å². The second-order valence-electron chi connectivity index (χ2n) is 12.6. The quantitative estimate of drug-likeness (QED) is 0.475. The van der Waals surface area contributed by atoms with Crippen LogP contribution in [0.15, 0.2) is 36.9 Å². The van der Waals surface area contributed by atoms with Gasteiger partial charge in [-0.3, -0.25) is 14.5 Å². The van der Waals surface area contributed by atoms with E-state index < -0.39 is 0 Å². The predicted octanol–water partition coefficient (Wildman–Crippen LogP) is 5.03. The molecule has 1 aromatic heterocycles. The average Bonchev–Trinajstić information content (AvgIpc) is 3.53. The van der Waals surface area contributed by atoms with Crippen molar-refractivity contribution in [1.82, 2.24) is 24.6 Å². The van der Waals surface area contributed by atoms with Crippen molar-refractivity contribution < 1.29 is 4.79 Å². The van der Waals surface area contributed by atoms with E-state index in [1.165, 1.54) is 63.4 Å². The van der Waals surface area contributed by atoms with Crippen LogP contribution in [0, 0.1) is 11.3 Å². The average molecular weight is 539 g/mol. The largest absolute Gasteiger partial charge is 0.328 e. The van der Waals surface area contributed by atoms with Crippen molar-refractivity contribution in [2.24, 2.45) is 17.1 Å². The van der Waals surface area contributed by atoms with Crippen LogP contribution in [0.3, 0.4) is 0 Å². The molecule has 0 radical (unpaired) electrons. The van der Waals surface area contributed by atoms with E-state index in [2.05, 4.69) is 36.7 Å². The Hall–Kier alpha value is -1.80.